The minimum absolute atomic E-state index is 0.516. The number of aryl methyl sites for hydroxylation is 1. The fourth-order valence-electron chi connectivity index (χ4n) is 2.64. The molecule has 0 bridgehead atoms. The Balaban J connectivity index is 1.62. The molecule has 0 saturated carbocycles. The fraction of sp³-hybridized carbons (Fsp3) is 0.421. The fourth-order valence-corrected chi connectivity index (χ4v) is 4.04. The highest BCUT2D eigenvalue weighted by Gasteiger charge is 2.09. The summed E-state index contributed by atoms with van der Waals surface area (Å²) in [5.74, 6) is 2.68. The molecule has 0 amide bonds. The van der Waals surface area contributed by atoms with E-state index < -0.39 is 0 Å². The second kappa shape index (κ2) is 9.66. The van der Waals surface area contributed by atoms with Crippen LogP contribution in [0.3, 0.4) is 0 Å². The van der Waals surface area contributed by atoms with Crippen molar-refractivity contribution in [3.63, 3.8) is 0 Å². The minimum Gasteiger partial charge on any atom is -0.356 e. The van der Waals surface area contributed by atoms with Gasteiger partial charge >= 0.3 is 0 Å². The lowest BCUT2D eigenvalue weighted by Crippen LogP contribution is -2.40. The van der Waals surface area contributed by atoms with Gasteiger partial charge < -0.3 is 14.8 Å². The van der Waals surface area contributed by atoms with Crippen molar-refractivity contribution in [1.82, 2.24) is 25.0 Å². The normalized spacial score (nSPS) is 11.7. The molecule has 144 valence electrons. The van der Waals surface area contributed by atoms with Gasteiger partial charge in [0.25, 0.3) is 0 Å². The average molecular weight is 403 g/mol. The number of likely N-dealkylation sites (N-methyl/N-ethyl adjacent to an activating group) is 1. The maximum absolute atomic E-state index is 4.80. The van der Waals surface area contributed by atoms with Crippen LogP contribution in [0.15, 0.2) is 40.0 Å². The molecule has 6 nitrogen and oxygen atoms in total. The first-order chi connectivity index (χ1) is 13.1. The lowest BCUT2D eigenvalue weighted by Gasteiger charge is -2.22. The Bertz CT molecular complexity index is 836. The van der Waals surface area contributed by atoms with Crippen molar-refractivity contribution in [3.05, 3.63) is 56.4 Å². The molecule has 0 aromatic carbocycles. The van der Waals surface area contributed by atoms with Crippen molar-refractivity contribution < 1.29 is 0 Å². The number of nitrogens with zero attached hydrogens (tertiary/aromatic N) is 5. The van der Waals surface area contributed by atoms with Crippen LogP contribution in [0.5, 0.6) is 0 Å². The maximum atomic E-state index is 4.80. The Kier molecular flexibility index (Phi) is 7.00. The highest BCUT2D eigenvalue weighted by atomic mass is 32.1. The summed E-state index contributed by atoms with van der Waals surface area (Å²) in [6.07, 6.45) is 2.02. The number of aliphatic imine (C=N–C) groups is 1. The molecule has 3 heterocycles. The number of thiophene rings is 2. The molecule has 0 unspecified atom stereocenters. The number of rotatable bonds is 8. The number of hydrogen-bond acceptors (Lipinski definition) is 5. The van der Waals surface area contributed by atoms with E-state index in [0.717, 1.165) is 43.5 Å². The largest absolute Gasteiger partial charge is 0.356 e. The summed E-state index contributed by atoms with van der Waals surface area (Å²) in [5.41, 5.74) is 0. The van der Waals surface area contributed by atoms with E-state index in [4.69, 9.17) is 4.99 Å². The second-order valence-electron chi connectivity index (χ2n) is 6.37. The summed E-state index contributed by atoms with van der Waals surface area (Å²) in [4.78, 5) is 9.77. The maximum Gasteiger partial charge on any atom is 0.194 e. The van der Waals surface area contributed by atoms with Crippen LogP contribution >= 0.6 is 22.7 Å². The molecule has 0 radical (unpaired) electrons. The quantitative estimate of drug-likeness (QED) is 0.465. The van der Waals surface area contributed by atoms with E-state index in [2.05, 4.69) is 62.5 Å². The van der Waals surface area contributed by atoms with Crippen LogP contribution in [0.2, 0.25) is 0 Å². The number of nitrogens with one attached hydrogen (secondary N) is 1. The molecule has 0 aliphatic carbocycles. The first kappa shape index (κ1) is 19.6. The lowest BCUT2D eigenvalue weighted by atomic mass is 10.3. The lowest BCUT2D eigenvalue weighted by molar-refractivity contribution is 0.484. The highest BCUT2D eigenvalue weighted by molar-refractivity contribution is 7.10. The van der Waals surface area contributed by atoms with Gasteiger partial charge in [0, 0.05) is 36.9 Å². The van der Waals surface area contributed by atoms with Crippen LogP contribution in [0.4, 0.5) is 0 Å². The molecule has 0 saturated heterocycles. The first-order valence-corrected chi connectivity index (χ1v) is 10.8. The smallest absolute Gasteiger partial charge is 0.194 e. The van der Waals surface area contributed by atoms with Crippen LogP contribution in [0.1, 0.15) is 21.4 Å². The molecule has 0 fully saturated rings. The van der Waals surface area contributed by atoms with E-state index in [0.29, 0.717) is 6.54 Å². The molecule has 27 heavy (non-hydrogen) atoms. The number of guanidine groups is 1. The molecule has 8 heteroatoms. The molecule has 3 aromatic rings. The molecule has 0 spiro atoms. The van der Waals surface area contributed by atoms with Gasteiger partial charge in [-0.2, -0.15) is 0 Å². The van der Waals surface area contributed by atoms with Crippen LogP contribution in [0, 0.1) is 6.92 Å². The highest BCUT2D eigenvalue weighted by Crippen LogP contribution is 2.10. The Morgan fingerprint density at radius 3 is 2.44 bits per heavy atom. The van der Waals surface area contributed by atoms with Gasteiger partial charge in [-0.3, -0.25) is 0 Å². The minimum atomic E-state index is 0.516. The zero-order valence-corrected chi connectivity index (χ0v) is 17.7. The van der Waals surface area contributed by atoms with Gasteiger partial charge in [-0.15, -0.1) is 32.9 Å². The van der Waals surface area contributed by atoms with E-state index in [1.807, 2.05) is 18.5 Å². The van der Waals surface area contributed by atoms with Crippen molar-refractivity contribution in [2.45, 2.75) is 26.3 Å². The zero-order valence-electron chi connectivity index (χ0n) is 16.1. The van der Waals surface area contributed by atoms with Crippen molar-refractivity contribution >= 4 is 28.6 Å². The topological polar surface area (TPSA) is 58.3 Å². The Morgan fingerprint density at radius 1 is 1.15 bits per heavy atom. The summed E-state index contributed by atoms with van der Waals surface area (Å²) < 4.78 is 1.98. The third kappa shape index (κ3) is 5.64. The first-order valence-electron chi connectivity index (χ1n) is 9.02. The van der Waals surface area contributed by atoms with Crippen LogP contribution < -0.4 is 5.32 Å². The van der Waals surface area contributed by atoms with E-state index in [9.17, 15) is 0 Å². The summed E-state index contributed by atoms with van der Waals surface area (Å²) >= 11 is 3.59. The summed E-state index contributed by atoms with van der Waals surface area (Å²) in [6.45, 7) is 4.25. The molecule has 3 aromatic heterocycles. The van der Waals surface area contributed by atoms with Gasteiger partial charge in [-0.25, -0.2) is 4.99 Å². The van der Waals surface area contributed by atoms with Crippen molar-refractivity contribution in [2.75, 3.05) is 20.1 Å². The monoisotopic (exact) mass is 402 g/mol. The Morgan fingerprint density at radius 2 is 1.85 bits per heavy atom. The predicted octanol–water partition coefficient (Wildman–Crippen LogP) is 3.11. The van der Waals surface area contributed by atoms with Crippen LogP contribution in [0.25, 0.3) is 0 Å². The Hall–Kier alpha value is -2.19. The van der Waals surface area contributed by atoms with Gasteiger partial charge in [0.1, 0.15) is 12.4 Å². The number of aromatic nitrogens is 3. The Labute approximate surface area is 168 Å². The van der Waals surface area contributed by atoms with Gasteiger partial charge in [-0.05, 0) is 42.7 Å². The molecular weight excluding hydrogens is 376 g/mol. The third-order valence-corrected chi connectivity index (χ3v) is 6.30. The van der Waals surface area contributed by atoms with Gasteiger partial charge in [-0.1, -0.05) is 12.1 Å². The average Bonchev–Trinajstić information content (AvgIpc) is 3.42. The molecule has 0 aliphatic heterocycles. The summed E-state index contributed by atoms with van der Waals surface area (Å²) in [6, 6.07) is 8.55. The van der Waals surface area contributed by atoms with Gasteiger partial charge in [0.05, 0.1) is 0 Å². The van der Waals surface area contributed by atoms with E-state index >= 15 is 0 Å². The molecule has 0 atom stereocenters. The van der Waals surface area contributed by atoms with Gasteiger partial charge in [0.15, 0.2) is 11.8 Å². The SMILES string of the molecule is Cc1nnc(CN=C(NCCc2cccs2)N(C)CCc2cccs2)n1C. The van der Waals surface area contributed by atoms with Crippen LogP contribution in [-0.4, -0.2) is 45.8 Å². The van der Waals surface area contributed by atoms with Crippen LogP contribution in [-0.2, 0) is 26.4 Å². The molecule has 3 rings (SSSR count). The van der Waals surface area contributed by atoms with E-state index in [1.165, 1.54) is 9.75 Å². The zero-order chi connectivity index (χ0) is 19.1. The molecule has 1 N–H and O–H groups in total. The molecule has 0 aliphatic rings. The molecular formula is C19H26N6S2. The second-order valence-corrected chi connectivity index (χ2v) is 8.43. The predicted molar refractivity (Wildman–Crippen MR) is 114 cm³/mol. The van der Waals surface area contributed by atoms with E-state index in [1.54, 1.807) is 22.7 Å². The third-order valence-electron chi connectivity index (χ3n) is 4.42. The van der Waals surface area contributed by atoms with Crippen molar-refractivity contribution in [3.8, 4) is 0 Å². The van der Waals surface area contributed by atoms with Crippen molar-refractivity contribution in [1.29, 1.82) is 0 Å². The standard InChI is InChI=1S/C19H26N6S2/c1-15-22-23-18(25(15)3)14-21-19(20-10-8-16-6-4-12-26-16)24(2)11-9-17-7-5-13-27-17/h4-7,12-13H,8-11,14H2,1-3H3,(H,20,21). The summed E-state index contributed by atoms with van der Waals surface area (Å²) in [7, 11) is 4.07. The van der Waals surface area contributed by atoms with Crippen molar-refractivity contribution in [2.24, 2.45) is 12.0 Å². The van der Waals surface area contributed by atoms with Gasteiger partial charge in [0.2, 0.25) is 0 Å². The number of hydrogen-bond donors (Lipinski definition) is 1. The summed E-state index contributed by atoms with van der Waals surface area (Å²) in [5, 5.41) is 16.1. The van der Waals surface area contributed by atoms with E-state index in [-0.39, 0.29) is 0 Å².